The first-order valence-corrected chi connectivity index (χ1v) is 9.08. The van der Waals surface area contributed by atoms with Crippen molar-refractivity contribution in [3.8, 4) is 11.5 Å². The Morgan fingerprint density at radius 2 is 1.91 bits per heavy atom. The van der Waals surface area contributed by atoms with E-state index < -0.39 is 0 Å². The monoisotopic (exact) mass is 396 g/mol. The minimum Gasteiger partial charge on any atom is -0.411 e. The molecule has 1 aromatic heterocycles. The highest BCUT2D eigenvalue weighted by Gasteiger charge is 2.20. The molecular weight excluding hydrogens is 380 g/mol. The Hall–Kier alpha value is -1.38. The minimum absolute atomic E-state index is 0.117. The molecule has 2 heterocycles. The molecule has 0 spiro atoms. The van der Waals surface area contributed by atoms with Gasteiger partial charge in [-0.2, -0.15) is 0 Å². The first-order valence-electron chi connectivity index (χ1n) is 7.30. The molecule has 0 unspecified atom stereocenters. The standard InChI is InChI=1S/C15H17BrN4O2S/c1-19-6-8-20(9-7-19)13(21)10-23-15-18-17-14(22-15)11-2-4-12(16)5-3-11/h2-5H,6-10H2,1H3. The Kier molecular flexibility index (Phi) is 5.34. The number of piperazine rings is 1. The van der Waals surface area contributed by atoms with E-state index >= 15 is 0 Å². The van der Waals surface area contributed by atoms with E-state index in [1.54, 1.807) is 0 Å². The van der Waals surface area contributed by atoms with Crippen molar-refractivity contribution in [1.82, 2.24) is 20.0 Å². The van der Waals surface area contributed by atoms with Gasteiger partial charge >= 0.3 is 0 Å². The maximum absolute atomic E-state index is 12.2. The van der Waals surface area contributed by atoms with Crippen molar-refractivity contribution in [3.05, 3.63) is 28.7 Å². The van der Waals surface area contributed by atoms with Crippen LogP contribution in [0.5, 0.6) is 0 Å². The van der Waals surface area contributed by atoms with E-state index in [4.69, 9.17) is 4.42 Å². The first kappa shape index (κ1) is 16.5. The zero-order chi connectivity index (χ0) is 16.2. The molecule has 1 saturated heterocycles. The molecule has 8 heteroatoms. The van der Waals surface area contributed by atoms with E-state index in [1.807, 2.05) is 29.2 Å². The fourth-order valence-corrected chi connectivity index (χ4v) is 3.18. The molecule has 6 nitrogen and oxygen atoms in total. The largest absolute Gasteiger partial charge is 0.411 e. The molecule has 1 aliphatic heterocycles. The second-order valence-electron chi connectivity index (χ2n) is 5.35. The van der Waals surface area contributed by atoms with E-state index in [0.717, 1.165) is 36.2 Å². The smallest absolute Gasteiger partial charge is 0.277 e. The van der Waals surface area contributed by atoms with Crippen LogP contribution in [0.3, 0.4) is 0 Å². The molecule has 1 aliphatic rings. The van der Waals surface area contributed by atoms with Crippen LogP contribution in [0.2, 0.25) is 0 Å². The topological polar surface area (TPSA) is 62.5 Å². The van der Waals surface area contributed by atoms with E-state index in [-0.39, 0.29) is 5.91 Å². The molecule has 0 aliphatic carbocycles. The van der Waals surface area contributed by atoms with Crippen LogP contribution in [-0.2, 0) is 4.79 Å². The molecule has 0 saturated carbocycles. The summed E-state index contributed by atoms with van der Waals surface area (Å²) in [5.74, 6) is 0.907. The average molecular weight is 397 g/mol. The van der Waals surface area contributed by atoms with Gasteiger partial charge in [-0.15, -0.1) is 10.2 Å². The Morgan fingerprint density at radius 1 is 1.22 bits per heavy atom. The third-order valence-corrected chi connectivity index (χ3v) is 5.00. The number of benzene rings is 1. The Labute approximate surface area is 147 Å². The summed E-state index contributed by atoms with van der Waals surface area (Å²) in [6.45, 7) is 3.41. The van der Waals surface area contributed by atoms with Crippen LogP contribution in [0.4, 0.5) is 0 Å². The second kappa shape index (κ2) is 7.46. The molecule has 1 amide bonds. The maximum Gasteiger partial charge on any atom is 0.277 e. The lowest BCUT2D eigenvalue weighted by Crippen LogP contribution is -2.47. The number of likely N-dealkylation sites (N-methyl/N-ethyl adjacent to an activating group) is 1. The van der Waals surface area contributed by atoms with Crippen molar-refractivity contribution in [2.24, 2.45) is 0 Å². The predicted octanol–water partition coefficient (Wildman–Crippen LogP) is 2.37. The summed E-state index contributed by atoms with van der Waals surface area (Å²) in [5.41, 5.74) is 0.859. The van der Waals surface area contributed by atoms with Crippen molar-refractivity contribution in [3.63, 3.8) is 0 Å². The SMILES string of the molecule is CN1CCN(C(=O)CSc2nnc(-c3ccc(Br)cc3)o2)CC1. The Morgan fingerprint density at radius 3 is 2.61 bits per heavy atom. The van der Waals surface area contributed by atoms with Gasteiger partial charge in [0.1, 0.15) is 0 Å². The van der Waals surface area contributed by atoms with Crippen LogP contribution in [0.1, 0.15) is 0 Å². The zero-order valence-electron chi connectivity index (χ0n) is 12.7. The van der Waals surface area contributed by atoms with Crippen LogP contribution in [0.15, 0.2) is 38.4 Å². The lowest BCUT2D eigenvalue weighted by Gasteiger charge is -2.32. The van der Waals surface area contributed by atoms with Gasteiger partial charge in [-0.25, -0.2) is 0 Å². The molecule has 2 aromatic rings. The van der Waals surface area contributed by atoms with Gasteiger partial charge in [0.2, 0.25) is 11.8 Å². The Bertz CT molecular complexity index is 668. The fourth-order valence-electron chi connectivity index (χ4n) is 2.25. The van der Waals surface area contributed by atoms with Crippen molar-refractivity contribution in [2.75, 3.05) is 39.0 Å². The highest BCUT2D eigenvalue weighted by Crippen LogP contribution is 2.24. The highest BCUT2D eigenvalue weighted by atomic mass is 79.9. The molecule has 0 atom stereocenters. The number of halogens is 1. The molecule has 1 fully saturated rings. The van der Waals surface area contributed by atoms with Crippen molar-refractivity contribution in [2.45, 2.75) is 5.22 Å². The summed E-state index contributed by atoms with van der Waals surface area (Å²) in [6.07, 6.45) is 0. The predicted molar refractivity (Wildman–Crippen MR) is 92.2 cm³/mol. The summed E-state index contributed by atoms with van der Waals surface area (Å²) >= 11 is 4.68. The van der Waals surface area contributed by atoms with Gasteiger partial charge in [0.15, 0.2) is 0 Å². The summed E-state index contributed by atoms with van der Waals surface area (Å²) in [7, 11) is 2.07. The summed E-state index contributed by atoms with van der Waals surface area (Å²) < 4.78 is 6.60. The van der Waals surface area contributed by atoms with Crippen molar-refractivity contribution < 1.29 is 9.21 Å². The summed E-state index contributed by atoms with van der Waals surface area (Å²) in [4.78, 5) is 16.3. The quantitative estimate of drug-likeness (QED) is 0.739. The van der Waals surface area contributed by atoms with Crippen LogP contribution in [0.25, 0.3) is 11.5 Å². The molecule has 23 heavy (non-hydrogen) atoms. The van der Waals surface area contributed by atoms with E-state index in [9.17, 15) is 4.79 Å². The minimum atomic E-state index is 0.117. The first-order chi connectivity index (χ1) is 11.1. The van der Waals surface area contributed by atoms with Gasteiger partial charge in [0.25, 0.3) is 5.22 Å². The van der Waals surface area contributed by atoms with E-state index in [1.165, 1.54) is 11.8 Å². The van der Waals surface area contributed by atoms with E-state index in [0.29, 0.717) is 16.9 Å². The van der Waals surface area contributed by atoms with Gasteiger partial charge in [-0.3, -0.25) is 4.79 Å². The second-order valence-corrected chi connectivity index (χ2v) is 7.20. The lowest BCUT2D eigenvalue weighted by molar-refractivity contribution is -0.129. The number of hydrogen-bond donors (Lipinski definition) is 0. The number of carbonyl (C=O) groups is 1. The fraction of sp³-hybridized carbons (Fsp3) is 0.400. The molecule has 0 bridgehead atoms. The molecule has 1 aromatic carbocycles. The molecular formula is C15H17BrN4O2S. The number of hydrogen-bond acceptors (Lipinski definition) is 6. The van der Waals surface area contributed by atoms with E-state index in [2.05, 4.69) is 38.1 Å². The van der Waals surface area contributed by atoms with Gasteiger partial charge in [0, 0.05) is 36.2 Å². The summed E-state index contributed by atoms with van der Waals surface area (Å²) in [5, 5.41) is 8.45. The molecule has 122 valence electrons. The van der Waals surface area contributed by atoms with Crippen molar-refractivity contribution in [1.29, 1.82) is 0 Å². The Balaban J connectivity index is 1.55. The summed E-state index contributed by atoms with van der Waals surface area (Å²) in [6, 6.07) is 7.65. The van der Waals surface area contributed by atoms with Crippen molar-refractivity contribution >= 4 is 33.6 Å². The molecule has 3 rings (SSSR count). The molecule has 0 N–H and O–H groups in total. The number of rotatable bonds is 4. The zero-order valence-corrected chi connectivity index (χ0v) is 15.1. The number of nitrogens with zero attached hydrogens (tertiary/aromatic N) is 4. The number of aromatic nitrogens is 2. The lowest BCUT2D eigenvalue weighted by atomic mass is 10.2. The number of thioether (sulfide) groups is 1. The maximum atomic E-state index is 12.2. The third-order valence-electron chi connectivity index (χ3n) is 3.67. The van der Waals surface area contributed by atoms with Crippen LogP contribution >= 0.6 is 27.7 Å². The molecule has 0 radical (unpaired) electrons. The normalized spacial score (nSPS) is 15.8. The van der Waals surface area contributed by atoms with Crippen LogP contribution < -0.4 is 0 Å². The van der Waals surface area contributed by atoms with Gasteiger partial charge < -0.3 is 14.2 Å². The van der Waals surface area contributed by atoms with Gasteiger partial charge in [-0.1, -0.05) is 27.7 Å². The third kappa shape index (κ3) is 4.33. The number of carbonyl (C=O) groups excluding carboxylic acids is 1. The highest BCUT2D eigenvalue weighted by molar-refractivity contribution is 9.10. The average Bonchev–Trinajstić information content (AvgIpc) is 3.03. The van der Waals surface area contributed by atoms with Gasteiger partial charge in [-0.05, 0) is 31.3 Å². The van der Waals surface area contributed by atoms with Crippen LogP contribution in [0, 0.1) is 0 Å². The number of amides is 1. The van der Waals surface area contributed by atoms with Crippen LogP contribution in [-0.4, -0.2) is 64.9 Å². The van der Waals surface area contributed by atoms with Gasteiger partial charge in [0.05, 0.1) is 5.75 Å².